The molecule has 2 N–H and O–H groups in total. The van der Waals surface area contributed by atoms with Gasteiger partial charge in [0.25, 0.3) is 5.89 Å². The summed E-state index contributed by atoms with van der Waals surface area (Å²) in [6.45, 7) is 4.14. The highest BCUT2D eigenvalue weighted by atomic mass is 19.1. The Morgan fingerprint density at radius 1 is 1.47 bits per heavy atom. The molecule has 1 unspecified atom stereocenters. The monoisotopic (exact) mass is 235 g/mol. The summed E-state index contributed by atoms with van der Waals surface area (Å²) in [6, 6.07) is 4.87. The Labute approximate surface area is 98.6 Å². The summed E-state index contributed by atoms with van der Waals surface area (Å²) in [4.78, 5) is 4.14. The molecule has 0 bridgehead atoms. The Balaban J connectivity index is 2.37. The van der Waals surface area contributed by atoms with E-state index in [4.69, 9.17) is 10.3 Å². The summed E-state index contributed by atoms with van der Waals surface area (Å²) in [5.41, 5.74) is 6.67. The van der Waals surface area contributed by atoms with Crippen molar-refractivity contribution in [2.24, 2.45) is 5.73 Å². The highest BCUT2D eigenvalue weighted by Crippen LogP contribution is 2.23. The van der Waals surface area contributed by atoms with Gasteiger partial charge in [-0.25, -0.2) is 4.39 Å². The van der Waals surface area contributed by atoms with Crippen LogP contribution in [0.4, 0.5) is 4.39 Å². The number of hydrogen-bond acceptors (Lipinski definition) is 4. The van der Waals surface area contributed by atoms with E-state index < -0.39 is 0 Å². The van der Waals surface area contributed by atoms with E-state index in [-0.39, 0.29) is 17.6 Å². The first-order valence-electron chi connectivity index (χ1n) is 5.42. The predicted molar refractivity (Wildman–Crippen MR) is 61.9 cm³/mol. The van der Waals surface area contributed by atoms with E-state index in [1.165, 1.54) is 6.07 Å². The third-order valence-electron chi connectivity index (χ3n) is 2.59. The van der Waals surface area contributed by atoms with Gasteiger partial charge >= 0.3 is 0 Å². The largest absolute Gasteiger partial charge is 0.334 e. The van der Waals surface area contributed by atoms with Crippen molar-refractivity contribution in [1.29, 1.82) is 0 Å². The number of nitrogens with zero attached hydrogens (tertiary/aromatic N) is 2. The Bertz CT molecular complexity index is 524. The average Bonchev–Trinajstić information content (AvgIpc) is 2.77. The van der Waals surface area contributed by atoms with Crippen molar-refractivity contribution >= 4 is 0 Å². The van der Waals surface area contributed by atoms with Crippen LogP contribution in [-0.2, 0) is 0 Å². The molecule has 0 saturated carbocycles. The lowest BCUT2D eigenvalue weighted by Gasteiger charge is -2.00. The van der Waals surface area contributed by atoms with Gasteiger partial charge in [-0.2, -0.15) is 4.98 Å². The first-order valence-corrected chi connectivity index (χ1v) is 5.42. The lowest BCUT2D eigenvalue weighted by atomic mass is 10.1. The molecule has 0 radical (unpaired) electrons. The van der Waals surface area contributed by atoms with Gasteiger partial charge in [-0.15, -0.1) is 0 Å². The zero-order chi connectivity index (χ0) is 12.4. The number of nitrogens with two attached hydrogens (primary N) is 1. The second-order valence-electron chi connectivity index (χ2n) is 4.08. The van der Waals surface area contributed by atoms with Crippen molar-refractivity contribution in [1.82, 2.24) is 10.1 Å². The molecule has 0 aliphatic rings. The van der Waals surface area contributed by atoms with Crippen molar-refractivity contribution in [2.75, 3.05) is 6.54 Å². The SMILES string of the molecule is Cc1ccc(-c2nc(C(C)CN)no2)c(F)c1. The fourth-order valence-corrected chi connectivity index (χ4v) is 1.44. The molecule has 0 spiro atoms. The standard InChI is InChI=1S/C12H14FN3O/c1-7-3-4-9(10(13)5-7)12-15-11(16-17-12)8(2)6-14/h3-5,8H,6,14H2,1-2H3. The van der Waals surface area contributed by atoms with Crippen LogP contribution in [0.15, 0.2) is 22.7 Å². The molecule has 2 rings (SSSR count). The van der Waals surface area contributed by atoms with E-state index in [1.54, 1.807) is 12.1 Å². The van der Waals surface area contributed by atoms with E-state index in [0.717, 1.165) is 5.56 Å². The van der Waals surface area contributed by atoms with Gasteiger partial charge in [0.1, 0.15) is 5.82 Å². The number of rotatable bonds is 3. The molecule has 0 saturated heterocycles. The quantitative estimate of drug-likeness (QED) is 0.886. The van der Waals surface area contributed by atoms with Crippen LogP contribution in [0.5, 0.6) is 0 Å². The second-order valence-corrected chi connectivity index (χ2v) is 4.08. The predicted octanol–water partition coefficient (Wildman–Crippen LogP) is 2.25. The molecule has 1 atom stereocenters. The molecule has 90 valence electrons. The highest BCUT2D eigenvalue weighted by Gasteiger charge is 2.16. The van der Waals surface area contributed by atoms with Crippen molar-refractivity contribution in [3.8, 4) is 11.5 Å². The van der Waals surface area contributed by atoms with E-state index in [9.17, 15) is 4.39 Å². The Hall–Kier alpha value is -1.75. The minimum Gasteiger partial charge on any atom is -0.334 e. The van der Waals surface area contributed by atoms with Crippen LogP contribution < -0.4 is 5.73 Å². The van der Waals surface area contributed by atoms with Gasteiger partial charge in [-0.3, -0.25) is 0 Å². The second kappa shape index (κ2) is 4.63. The lowest BCUT2D eigenvalue weighted by Crippen LogP contribution is -2.10. The molecule has 1 aromatic heterocycles. The molecule has 17 heavy (non-hydrogen) atoms. The van der Waals surface area contributed by atoms with Gasteiger partial charge in [0.2, 0.25) is 0 Å². The van der Waals surface area contributed by atoms with Gasteiger partial charge < -0.3 is 10.3 Å². The molecular formula is C12H14FN3O. The van der Waals surface area contributed by atoms with E-state index in [0.29, 0.717) is 17.9 Å². The number of halogens is 1. The van der Waals surface area contributed by atoms with E-state index in [1.807, 2.05) is 13.8 Å². The van der Waals surface area contributed by atoms with Crippen LogP contribution in [0.25, 0.3) is 11.5 Å². The maximum atomic E-state index is 13.7. The summed E-state index contributed by atoms with van der Waals surface area (Å²) >= 11 is 0. The van der Waals surface area contributed by atoms with E-state index >= 15 is 0 Å². The van der Waals surface area contributed by atoms with Gasteiger partial charge in [0.15, 0.2) is 5.82 Å². The summed E-state index contributed by atoms with van der Waals surface area (Å²) in [5, 5.41) is 3.79. The normalized spacial score (nSPS) is 12.7. The molecule has 0 amide bonds. The Morgan fingerprint density at radius 2 is 2.24 bits per heavy atom. The van der Waals surface area contributed by atoms with Crippen LogP contribution >= 0.6 is 0 Å². The average molecular weight is 235 g/mol. The zero-order valence-electron chi connectivity index (χ0n) is 9.77. The third-order valence-corrected chi connectivity index (χ3v) is 2.59. The summed E-state index contributed by atoms with van der Waals surface area (Å²) in [6.07, 6.45) is 0. The summed E-state index contributed by atoms with van der Waals surface area (Å²) in [7, 11) is 0. The Kier molecular flexibility index (Phi) is 3.19. The number of hydrogen-bond donors (Lipinski definition) is 1. The molecule has 0 aliphatic carbocycles. The number of aryl methyl sites for hydroxylation is 1. The van der Waals surface area contributed by atoms with Crippen LogP contribution in [0.3, 0.4) is 0 Å². The van der Waals surface area contributed by atoms with Crippen LogP contribution in [0.1, 0.15) is 24.2 Å². The molecule has 0 aliphatic heterocycles. The molecule has 1 heterocycles. The fraction of sp³-hybridized carbons (Fsp3) is 0.333. The van der Waals surface area contributed by atoms with Crippen molar-refractivity contribution in [3.63, 3.8) is 0 Å². The van der Waals surface area contributed by atoms with Crippen LogP contribution in [0, 0.1) is 12.7 Å². The van der Waals surface area contributed by atoms with Gasteiger partial charge in [0, 0.05) is 12.5 Å². The van der Waals surface area contributed by atoms with Crippen molar-refractivity contribution < 1.29 is 8.91 Å². The summed E-state index contributed by atoms with van der Waals surface area (Å²) < 4.78 is 18.7. The summed E-state index contributed by atoms with van der Waals surface area (Å²) in [5.74, 6) is 0.335. The smallest absolute Gasteiger partial charge is 0.260 e. The van der Waals surface area contributed by atoms with Gasteiger partial charge in [-0.05, 0) is 24.6 Å². The number of benzene rings is 1. The molecular weight excluding hydrogens is 221 g/mol. The molecule has 4 nitrogen and oxygen atoms in total. The van der Waals surface area contributed by atoms with Gasteiger partial charge in [0.05, 0.1) is 5.56 Å². The fourth-order valence-electron chi connectivity index (χ4n) is 1.44. The first-order chi connectivity index (χ1) is 8.11. The van der Waals surface area contributed by atoms with Gasteiger partial charge in [-0.1, -0.05) is 18.1 Å². The van der Waals surface area contributed by atoms with E-state index in [2.05, 4.69) is 10.1 Å². The third kappa shape index (κ3) is 2.34. The maximum absolute atomic E-state index is 13.7. The lowest BCUT2D eigenvalue weighted by molar-refractivity contribution is 0.416. The molecule has 5 heteroatoms. The minimum absolute atomic E-state index is 0.000935. The maximum Gasteiger partial charge on any atom is 0.260 e. The van der Waals surface area contributed by atoms with Crippen LogP contribution in [-0.4, -0.2) is 16.7 Å². The molecule has 1 aromatic carbocycles. The molecule has 0 fully saturated rings. The highest BCUT2D eigenvalue weighted by molar-refractivity contribution is 5.54. The van der Waals surface area contributed by atoms with Crippen LogP contribution in [0.2, 0.25) is 0 Å². The zero-order valence-corrected chi connectivity index (χ0v) is 9.77. The first kappa shape index (κ1) is 11.7. The van der Waals surface area contributed by atoms with Crippen molar-refractivity contribution in [3.05, 3.63) is 35.4 Å². The molecule has 2 aromatic rings. The van der Waals surface area contributed by atoms with Crippen molar-refractivity contribution in [2.45, 2.75) is 19.8 Å². The topological polar surface area (TPSA) is 64.9 Å². The Morgan fingerprint density at radius 3 is 2.88 bits per heavy atom. The minimum atomic E-state index is -0.361. The number of aromatic nitrogens is 2.